The van der Waals surface area contributed by atoms with Crippen molar-refractivity contribution in [3.05, 3.63) is 85.2 Å². The summed E-state index contributed by atoms with van der Waals surface area (Å²) < 4.78 is 9.30. The van der Waals surface area contributed by atoms with Gasteiger partial charge in [0, 0.05) is 36.1 Å². The first-order valence-electron chi connectivity index (χ1n) is 10.8. The van der Waals surface area contributed by atoms with Crippen LogP contribution in [0, 0.1) is 0 Å². The number of benzene rings is 1. The molecule has 1 aromatic heterocycles. The molecule has 3 aliphatic rings. The van der Waals surface area contributed by atoms with E-state index in [1.54, 1.807) is 19.1 Å². The number of carbonyl (C=O) groups excluding carboxylic acids is 2. The Labute approximate surface area is 188 Å². The first-order chi connectivity index (χ1) is 15.8. The molecule has 5 rings (SSSR count). The number of ether oxygens (including phenoxy) is 1. The lowest BCUT2D eigenvalue weighted by atomic mass is 9.68. The van der Waals surface area contributed by atoms with Crippen LogP contribution in [0.4, 0.5) is 0 Å². The average molecular weight is 449 g/mol. The highest BCUT2D eigenvalue weighted by Gasteiger charge is 2.44. The van der Waals surface area contributed by atoms with Crippen LogP contribution in [0.25, 0.3) is 0 Å². The molecule has 2 aliphatic carbocycles. The van der Waals surface area contributed by atoms with Crippen molar-refractivity contribution in [1.82, 2.24) is 13.9 Å². The number of allylic oxidation sites excluding steroid dienone is 6. The van der Waals surface area contributed by atoms with E-state index in [2.05, 4.69) is 0 Å². The van der Waals surface area contributed by atoms with Crippen molar-refractivity contribution in [2.45, 2.75) is 31.8 Å². The summed E-state index contributed by atoms with van der Waals surface area (Å²) >= 11 is 0. The van der Waals surface area contributed by atoms with E-state index in [1.165, 1.54) is 22.5 Å². The van der Waals surface area contributed by atoms with Gasteiger partial charge in [-0.2, -0.15) is 0 Å². The molecule has 0 bridgehead atoms. The molecule has 1 aromatic carbocycles. The number of Topliss-reactive ketones (excluding diaryl/α,β-unsaturated/α-hetero) is 1. The first-order valence-corrected chi connectivity index (χ1v) is 10.8. The third-order valence-electron chi connectivity index (χ3n) is 6.59. The molecule has 0 saturated heterocycles. The zero-order valence-electron chi connectivity index (χ0n) is 18.3. The molecule has 2 heterocycles. The van der Waals surface area contributed by atoms with Gasteiger partial charge in [-0.1, -0.05) is 18.2 Å². The molecule has 170 valence electrons. The molecule has 0 fully saturated rings. The molecule has 0 unspecified atom stereocenters. The topological polar surface area (TPSA) is 113 Å². The molecule has 2 atom stereocenters. The molecule has 0 spiro atoms. The lowest BCUT2D eigenvalue weighted by Crippen LogP contribution is -2.40. The van der Waals surface area contributed by atoms with Gasteiger partial charge in [0.25, 0.3) is 0 Å². The first kappa shape index (κ1) is 21.1. The second kappa shape index (κ2) is 7.70. The van der Waals surface area contributed by atoms with Gasteiger partial charge in [0.2, 0.25) is 0 Å². The summed E-state index contributed by atoms with van der Waals surface area (Å²) in [6.45, 7) is 1.87. The summed E-state index contributed by atoms with van der Waals surface area (Å²) in [7, 11) is 1.43. The van der Waals surface area contributed by atoms with Crippen molar-refractivity contribution >= 4 is 11.6 Å². The van der Waals surface area contributed by atoms with Crippen molar-refractivity contribution in [3.8, 4) is 5.75 Å². The van der Waals surface area contributed by atoms with Gasteiger partial charge in [-0.15, -0.1) is 0 Å². The number of hydrogen-bond acceptors (Lipinski definition) is 6. The second-order valence-electron chi connectivity index (χ2n) is 8.46. The van der Waals surface area contributed by atoms with Gasteiger partial charge in [0.05, 0.1) is 19.2 Å². The zero-order chi connectivity index (χ0) is 23.4. The minimum atomic E-state index is -0.545. The summed E-state index contributed by atoms with van der Waals surface area (Å²) in [4.78, 5) is 51.7. The van der Waals surface area contributed by atoms with Crippen molar-refractivity contribution in [2.75, 3.05) is 13.2 Å². The Morgan fingerprint density at radius 2 is 1.82 bits per heavy atom. The SMILES string of the molecule is CC1=CC(=O)C2=C(C[C@@H]3C(=CCn4c(=O)n(C)c(=O)n43)[C@@H]2c2ccc(OCCO)cc2)C1=O. The summed E-state index contributed by atoms with van der Waals surface area (Å²) in [5.41, 5.74) is 1.92. The Kier molecular flexibility index (Phi) is 4.93. The van der Waals surface area contributed by atoms with Crippen molar-refractivity contribution < 1.29 is 19.4 Å². The van der Waals surface area contributed by atoms with E-state index in [0.717, 1.165) is 15.7 Å². The van der Waals surface area contributed by atoms with Gasteiger partial charge in [0.1, 0.15) is 12.4 Å². The molecule has 1 N–H and O–H groups in total. The Morgan fingerprint density at radius 1 is 1.09 bits per heavy atom. The highest BCUT2D eigenvalue weighted by Crippen LogP contribution is 2.49. The lowest BCUT2D eigenvalue weighted by molar-refractivity contribution is -0.116. The van der Waals surface area contributed by atoms with Crippen molar-refractivity contribution in [3.63, 3.8) is 0 Å². The van der Waals surface area contributed by atoms with E-state index in [4.69, 9.17) is 9.84 Å². The van der Waals surface area contributed by atoms with Gasteiger partial charge in [-0.05, 0) is 36.3 Å². The van der Waals surface area contributed by atoms with Crippen LogP contribution in [0.5, 0.6) is 5.75 Å². The van der Waals surface area contributed by atoms with Gasteiger partial charge >= 0.3 is 11.4 Å². The summed E-state index contributed by atoms with van der Waals surface area (Å²) in [5.74, 6) is -0.375. The molecule has 33 heavy (non-hydrogen) atoms. The number of aromatic nitrogens is 3. The predicted molar refractivity (Wildman–Crippen MR) is 118 cm³/mol. The number of rotatable bonds is 4. The average Bonchev–Trinajstić information content (AvgIpc) is 3.04. The van der Waals surface area contributed by atoms with E-state index in [9.17, 15) is 19.2 Å². The standard InChI is InChI=1S/C24H23N3O6/c1-13-11-19(29)21-17(22(13)30)12-18-16(7-8-26-23(31)25(2)24(32)27(18)26)20(21)14-3-5-15(6-4-14)33-10-9-28/h3-7,11,18,20,28H,8-10,12H2,1-2H3/t18-,20+/m1/s1. The van der Waals surface area contributed by atoms with Crippen LogP contribution in [-0.2, 0) is 23.2 Å². The van der Waals surface area contributed by atoms with Gasteiger partial charge in [-0.25, -0.2) is 23.5 Å². The number of hydrogen-bond donors (Lipinski definition) is 1. The van der Waals surface area contributed by atoms with Gasteiger partial charge in [-0.3, -0.25) is 9.59 Å². The normalized spacial score (nSPS) is 21.8. The highest BCUT2D eigenvalue weighted by molar-refractivity contribution is 6.23. The van der Waals surface area contributed by atoms with Crippen LogP contribution >= 0.6 is 0 Å². The van der Waals surface area contributed by atoms with E-state index in [1.807, 2.05) is 18.2 Å². The molecule has 9 heteroatoms. The Balaban J connectivity index is 1.69. The Morgan fingerprint density at radius 3 is 2.52 bits per heavy atom. The molecule has 2 aromatic rings. The summed E-state index contributed by atoms with van der Waals surface area (Å²) in [6, 6.07) is 6.60. The zero-order valence-corrected chi connectivity index (χ0v) is 18.3. The maximum absolute atomic E-state index is 13.1. The van der Waals surface area contributed by atoms with Crippen LogP contribution in [0.3, 0.4) is 0 Å². The fourth-order valence-corrected chi connectivity index (χ4v) is 5.06. The maximum Gasteiger partial charge on any atom is 0.347 e. The number of ketones is 2. The van der Waals surface area contributed by atoms with Gasteiger partial charge < -0.3 is 9.84 Å². The molecule has 0 radical (unpaired) electrons. The summed E-state index contributed by atoms with van der Waals surface area (Å²) in [5, 5.41) is 8.98. The number of aliphatic hydroxyl groups excluding tert-OH is 1. The third kappa shape index (κ3) is 3.11. The van der Waals surface area contributed by atoms with Crippen LogP contribution in [-0.4, -0.2) is 43.8 Å². The highest BCUT2D eigenvalue weighted by atomic mass is 16.5. The maximum atomic E-state index is 13.1. The molecule has 0 amide bonds. The van der Waals surface area contributed by atoms with E-state index < -0.39 is 23.3 Å². The van der Waals surface area contributed by atoms with Crippen LogP contribution < -0.4 is 16.1 Å². The van der Waals surface area contributed by atoms with Crippen LogP contribution in [0.2, 0.25) is 0 Å². The van der Waals surface area contributed by atoms with Crippen LogP contribution in [0.1, 0.15) is 30.9 Å². The van der Waals surface area contributed by atoms with Gasteiger partial charge in [0.15, 0.2) is 11.6 Å². The Bertz CT molecular complexity index is 1400. The van der Waals surface area contributed by atoms with E-state index in [-0.39, 0.29) is 37.7 Å². The number of fused-ring (bicyclic) bond motifs is 3. The number of nitrogens with zero attached hydrogens (tertiary/aromatic N) is 3. The molecular weight excluding hydrogens is 426 g/mol. The van der Waals surface area contributed by atoms with Crippen molar-refractivity contribution in [2.24, 2.45) is 7.05 Å². The quantitative estimate of drug-likeness (QED) is 0.545. The summed E-state index contributed by atoms with van der Waals surface area (Å²) in [6.07, 6.45) is 3.44. The predicted octanol–water partition coefficient (Wildman–Crippen LogP) is 0.783. The largest absolute Gasteiger partial charge is 0.491 e. The lowest BCUT2D eigenvalue weighted by Gasteiger charge is -2.39. The Hall–Kier alpha value is -3.72. The minimum Gasteiger partial charge on any atom is -0.491 e. The van der Waals surface area contributed by atoms with E-state index >= 15 is 0 Å². The van der Waals surface area contributed by atoms with Crippen molar-refractivity contribution in [1.29, 1.82) is 0 Å². The fraction of sp³-hybridized carbons (Fsp3) is 0.333. The monoisotopic (exact) mass is 449 g/mol. The minimum absolute atomic E-state index is 0.106. The smallest absolute Gasteiger partial charge is 0.347 e. The van der Waals surface area contributed by atoms with E-state index in [0.29, 0.717) is 22.5 Å². The third-order valence-corrected chi connectivity index (χ3v) is 6.59. The number of aliphatic hydroxyl groups is 1. The molecule has 9 nitrogen and oxygen atoms in total. The molecule has 1 aliphatic heterocycles. The molecular formula is C24H23N3O6. The number of carbonyl (C=O) groups is 2. The fourth-order valence-electron chi connectivity index (χ4n) is 5.06. The van der Waals surface area contributed by atoms with Crippen LogP contribution in [0.15, 0.2) is 68.3 Å². The second-order valence-corrected chi connectivity index (χ2v) is 8.46. The molecule has 0 saturated carbocycles.